The monoisotopic (exact) mass is 995 g/mol. The van der Waals surface area contributed by atoms with Crippen LogP contribution >= 0.6 is 0 Å². The topological polar surface area (TPSA) is 207 Å². The van der Waals surface area contributed by atoms with Crippen LogP contribution in [0.1, 0.15) is 73.3 Å². The molecule has 0 radical (unpaired) electrons. The van der Waals surface area contributed by atoms with Crippen LogP contribution in [0.4, 0.5) is 28.4 Å². The number of sulfonamides is 1. The molecule has 72 heavy (non-hydrogen) atoms. The van der Waals surface area contributed by atoms with Crippen molar-refractivity contribution in [2.24, 2.45) is 11.3 Å². The molecule has 6 aromatic rings. The van der Waals surface area contributed by atoms with Gasteiger partial charge in [-0.2, -0.15) is 4.98 Å². The van der Waals surface area contributed by atoms with E-state index in [0.717, 1.165) is 93.9 Å². The summed E-state index contributed by atoms with van der Waals surface area (Å²) < 4.78 is 54.7. The molecule has 3 aromatic carbocycles. The summed E-state index contributed by atoms with van der Waals surface area (Å²) in [6.45, 7) is 5.02. The van der Waals surface area contributed by atoms with Crippen molar-refractivity contribution in [3.8, 4) is 17.5 Å². The molecule has 12 rings (SSSR count). The number of anilines is 4. The summed E-state index contributed by atoms with van der Waals surface area (Å²) in [6, 6.07) is 27.5. The molecule has 1 amide bonds. The number of nitrogens with zero attached hydrogens (tertiary/aromatic N) is 6. The Morgan fingerprint density at radius 1 is 0.917 bits per heavy atom. The van der Waals surface area contributed by atoms with Crippen molar-refractivity contribution in [1.82, 2.24) is 24.6 Å². The van der Waals surface area contributed by atoms with Crippen molar-refractivity contribution < 1.29 is 37.1 Å². The van der Waals surface area contributed by atoms with Crippen molar-refractivity contribution >= 4 is 55.4 Å². The van der Waals surface area contributed by atoms with Gasteiger partial charge in [0.25, 0.3) is 21.6 Å². The number of ether oxygens (including phenoxy) is 4. The number of hydrogen-bond donors (Lipinski definition) is 3. The molecule has 6 aliphatic rings. The highest BCUT2D eigenvalue weighted by Crippen LogP contribution is 2.55. The second kappa shape index (κ2) is 19.0. The number of H-pyrrole nitrogens is 1. The molecule has 18 nitrogen and oxygen atoms in total. The van der Waals surface area contributed by atoms with E-state index in [9.17, 15) is 23.3 Å². The van der Waals surface area contributed by atoms with E-state index in [4.69, 9.17) is 23.9 Å². The molecule has 1 saturated carbocycles. The van der Waals surface area contributed by atoms with E-state index in [1.165, 1.54) is 17.7 Å². The number of nitrogens with one attached hydrogen (secondary N) is 3. The summed E-state index contributed by atoms with van der Waals surface area (Å²) >= 11 is 0. The van der Waals surface area contributed by atoms with Crippen molar-refractivity contribution in [3.05, 3.63) is 125 Å². The maximum Gasteiger partial charge on any atom is 0.293 e. The molecule has 0 unspecified atom stereocenters. The van der Waals surface area contributed by atoms with Gasteiger partial charge in [-0.05, 0) is 124 Å². The van der Waals surface area contributed by atoms with Crippen LogP contribution in [0.3, 0.4) is 0 Å². The third-order valence-electron chi connectivity index (χ3n) is 15.9. The van der Waals surface area contributed by atoms with Gasteiger partial charge < -0.3 is 39.0 Å². The number of hydrogen-bond acceptors (Lipinski definition) is 15. The first kappa shape index (κ1) is 46.3. The number of para-hydroxylation sites is 1. The molecule has 3 aromatic heterocycles. The maximum atomic E-state index is 14.6. The largest absolute Gasteiger partial charge is 0.468 e. The standard InChI is InChI=1S/C53H57N9O9S/c63-51(58-72(66,67)38-11-13-41(44(28-38)62(64)65)56-31-34-15-24-68-25-16-34)40-12-10-36(27-43(40)61-45-26-35-14-20-55-50(35)57-52(45)71-48-33-69-32-46(48)61)59-22-17-53(18-23-59)29-37(30-53)60-21-5-7-42(60)39-6-1-2-8-47(39)70-49-9-3-4-19-54-49/h1-4,6,8-14,19-20,26-28,34,37,42,46,48,56H,5,7,15-18,21-25,29-33H2,(H,55,57)(H,58,63)/t42-,46+,48+/m0/s1. The van der Waals surface area contributed by atoms with Crippen LogP contribution < -0.4 is 29.3 Å². The van der Waals surface area contributed by atoms with Crippen molar-refractivity contribution in [3.63, 3.8) is 0 Å². The molecule has 374 valence electrons. The van der Waals surface area contributed by atoms with Gasteiger partial charge in [0.15, 0.2) is 0 Å². The Morgan fingerprint density at radius 2 is 1.75 bits per heavy atom. The van der Waals surface area contributed by atoms with Crippen LogP contribution in [0.2, 0.25) is 0 Å². The summed E-state index contributed by atoms with van der Waals surface area (Å²) in [6.07, 6.45) is 11.3. The summed E-state index contributed by atoms with van der Waals surface area (Å²) in [4.78, 5) is 45.4. The van der Waals surface area contributed by atoms with Gasteiger partial charge in [-0.1, -0.05) is 24.3 Å². The SMILES string of the molecule is O=C(NS(=O)(=O)c1ccc(NCC2CCOCC2)c([N+](=O)[O-])c1)c1ccc(N2CCC3(CC2)CC(N2CCC[C@H]2c2ccccc2Oc2ccccn2)C3)cc1N1c2cc3cc[nH]c3nc2O[C@@H]2COC[C@H]21. The van der Waals surface area contributed by atoms with Crippen LogP contribution in [0.15, 0.2) is 108 Å². The number of amides is 1. The lowest BCUT2D eigenvalue weighted by molar-refractivity contribution is -0.384. The normalized spacial score (nSPS) is 22.2. The molecule has 1 aliphatic carbocycles. The first-order chi connectivity index (χ1) is 35.1. The zero-order valence-electron chi connectivity index (χ0n) is 39.8. The molecular formula is C53H57N9O9S. The molecule has 5 aliphatic heterocycles. The smallest absolute Gasteiger partial charge is 0.293 e. The quantitative estimate of drug-likeness (QED) is 0.0733. The number of nitro benzene ring substituents is 1. The van der Waals surface area contributed by atoms with Gasteiger partial charge in [-0.3, -0.25) is 19.8 Å². The van der Waals surface area contributed by atoms with Crippen LogP contribution in [-0.2, 0) is 19.5 Å². The molecule has 3 N–H and O–H groups in total. The maximum absolute atomic E-state index is 14.6. The molecule has 3 atom stereocenters. The average Bonchev–Trinajstić information content (AvgIpc) is 4.19. The molecule has 8 heterocycles. The fourth-order valence-electron chi connectivity index (χ4n) is 12.0. The average molecular weight is 996 g/mol. The number of carbonyl (C=O) groups is 1. The molecule has 0 bridgehead atoms. The van der Waals surface area contributed by atoms with Gasteiger partial charge in [-0.25, -0.2) is 18.1 Å². The molecule has 4 saturated heterocycles. The number of aromatic nitrogens is 3. The second-order valence-electron chi connectivity index (χ2n) is 20.1. The highest BCUT2D eigenvalue weighted by molar-refractivity contribution is 7.90. The zero-order valence-corrected chi connectivity index (χ0v) is 40.6. The van der Waals surface area contributed by atoms with Gasteiger partial charge in [0.1, 0.15) is 28.9 Å². The minimum Gasteiger partial charge on any atom is -0.468 e. The minimum absolute atomic E-state index is 0.0988. The Labute approximate surface area is 417 Å². The van der Waals surface area contributed by atoms with E-state index in [1.54, 1.807) is 18.5 Å². The van der Waals surface area contributed by atoms with Crippen molar-refractivity contribution in [1.29, 1.82) is 0 Å². The number of pyridine rings is 2. The van der Waals surface area contributed by atoms with Crippen molar-refractivity contribution in [2.45, 2.75) is 80.5 Å². The Morgan fingerprint density at radius 3 is 2.57 bits per heavy atom. The van der Waals surface area contributed by atoms with Crippen LogP contribution in [0, 0.1) is 21.4 Å². The Hall–Kier alpha value is -6.80. The summed E-state index contributed by atoms with van der Waals surface area (Å²) in [5.74, 6) is 1.19. The highest BCUT2D eigenvalue weighted by atomic mass is 32.2. The van der Waals surface area contributed by atoms with Gasteiger partial charge in [-0.15, -0.1) is 0 Å². The number of fused-ring (bicyclic) bond motifs is 3. The number of nitro groups is 1. The van der Waals surface area contributed by atoms with E-state index in [1.807, 2.05) is 59.5 Å². The third kappa shape index (κ3) is 8.85. The lowest BCUT2D eigenvalue weighted by atomic mass is 9.60. The Kier molecular flexibility index (Phi) is 12.2. The summed E-state index contributed by atoms with van der Waals surface area (Å²) in [7, 11) is -4.60. The highest BCUT2D eigenvalue weighted by Gasteiger charge is 2.50. The fraction of sp³-hybridized carbons (Fsp3) is 0.415. The summed E-state index contributed by atoms with van der Waals surface area (Å²) in [5.41, 5.74) is 3.96. The van der Waals surface area contributed by atoms with Gasteiger partial charge >= 0.3 is 0 Å². The van der Waals surface area contributed by atoms with Gasteiger partial charge in [0.05, 0.1) is 40.3 Å². The molecule has 1 spiro atoms. The predicted octanol–water partition coefficient (Wildman–Crippen LogP) is 8.50. The first-order valence-corrected chi connectivity index (χ1v) is 26.6. The fourth-order valence-corrected chi connectivity index (χ4v) is 13.0. The number of likely N-dealkylation sites (tertiary alicyclic amines) is 1. The second-order valence-corrected chi connectivity index (χ2v) is 21.8. The van der Waals surface area contributed by atoms with E-state index >= 15 is 0 Å². The van der Waals surface area contributed by atoms with E-state index in [0.29, 0.717) is 67.8 Å². The summed E-state index contributed by atoms with van der Waals surface area (Å²) in [5, 5.41) is 16.3. The van der Waals surface area contributed by atoms with E-state index in [-0.39, 0.29) is 34.7 Å². The number of rotatable bonds is 13. The van der Waals surface area contributed by atoms with Gasteiger partial charge in [0, 0.05) is 86.1 Å². The lowest BCUT2D eigenvalue weighted by Crippen LogP contribution is -2.54. The number of aromatic amines is 1. The van der Waals surface area contributed by atoms with Gasteiger partial charge in [0.2, 0.25) is 11.8 Å². The Bertz CT molecular complexity index is 3120. The van der Waals surface area contributed by atoms with Crippen molar-refractivity contribution in [2.75, 3.05) is 67.7 Å². The number of piperidine rings is 1. The van der Waals surface area contributed by atoms with Crippen LogP contribution in [-0.4, -0.2) is 110 Å². The molecule has 19 heteroatoms. The number of benzene rings is 3. The Balaban J connectivity index is 0.801. The van der Waals surface area contributed by atoms with Crippen LogP contribution in [0.5, 0.6) is 17.5 Å². The third-order valence-corrected chi connectivity index (χ3v) is 17.2. The predicted molar refractivity (Wildman–Crippen MR) is 270 cm³/mol. The van der Waals surface area contributed by atoms with E-state index < -0.39 is 37.5 Å². The van der Waals surface area contributed by atoms with E-state index in [2.05, 4.69) is 41.9 Å². The molecular weight excluding hydrogens is 939 g/mol. The van der Waals surface area contributed by atoms with Crippen LogP contribution in [0.25, 0.3) is 11.0 Å². The number of carbonyl (C=O) groups excluding carboxylic acids is 1. The molecule has 5 fully saturated rings. The minimum atomic E-state index is -4.60. The first-order valence-electron chi connectivity index (χ1n) is 25.1. The lowest BCUT2D eigenvalue weighted by Gasteiger charge is -2.56. The zero-order chi connectivity index (χ0) is 49.0.